The van der Waals surface area contributed by atoms with Crippen LogP contribution in [0.25, 0.3) is 0 Å². The first kappa shape index (κ1) is 34.4. The minimum atomic E-state index is -5.05. The van der Waals surface area contributed by atoms with Crippen molar-refractivity contribution in [2.24, 2.45) is 0 Å². The van der Waals surface area contributed by atoms with Crippen molar-refractivity contribution in [2.45, 2.75) is 63.2 Å². The van der Waals surface area contributed by atoms with Crippen LogP contribution >= 0.6 is 0 Å². The van der Waals surface area contributed by atoms with Gasteiger partial charge in [-0.2, -0.15) is 39.5 Å². The van der Waals surface area contributed by atoms with Gasteiger partial charge in [-0.3, -0.25) is 14.5 Å². The van der Waals surface area contributed by atoms with Gasteiger partial charge in [0.15, 0.2) is 0 Å². The van der Waals surface area contributed by atoms with E-state index in [1.54, 1.807) is 15.9 Å². The first-order valence-electron chi connectivity index (χ1n) is 14.5. The van der Waals surface area contributed by atoms with Crippen LogP contribution in [0.4, 0.5) is 45.2 Å². The molecule has 0 unspecified atom stereocenters. The maximum atomic E-state index is 13.4. The molecular formula is C30H33F9N4O2. The zero-order chi connectivity index (χ0) is 33.0. The van der Waals surface area contributed by atoms with Gasteiger partial charge in [-0.25, -0.2) is 0 Å². The monoisotopic (exact) mass is 652 g/mol. The van der Waals surface area contributed by atoms with E-state index in [2.05, 4.69) is 5.32 Å². The number of carbonyl (C=O) groups excluding carboxylic acids is 2. The second kappa shape index (κ2) is 13.9. The maximum absolute atomic E-state index is 13.4. The Labute approximate surface area is 254 Å². The van der Waals surface area contributed by atoms with E-state index in [1.807, 2.05) is 0 Å². The molecule has 15 heteroatoms. The molecule has 248 valence electrons. The number of carbonyl (C=O) groups is 2. The number of anilines is 1. The molecule has 2 aliphatic heterocycles. The third-order valence-electron chi connectivity index (χ3n) is 7.89. The van der Waals surface area contributed by atoms with Crippen molar-refractivity contribution in [2.75, 3.05) is 44.2 Å². The van der Waals surface area contributed by atoms with Crippen LogP contribution in [0.15, 0.2) is 42.5 Å². The number of hydrogen-bond donors (Lipinski definition) is 1. The van der Waals surface area contributed by atoms with E-state index in [9.17, 15) is 49.1 Å². The van der Waals surface area contributed by atoms with Crippen molar-refractivity contribution in [1.82, 2.24) is 15.1 Å². The molecule has 2 aromatic rings. The molecule has 0 aliphatic carbocycles. The van der Waals surface area contributed by atoms with Crippen molar-refractivity contribution < 1.29 is 49.1 Å². The highest BCUT2D eigenvalue weighted by Gasteiger charge is 2.37. The van der Waals surface area contributed by atoms with Gasteiger partial charge in [0, 0.05) is 44.5 Å². The van der Waals surface area contributed by atoms with Gasteiger partial charge in [0.25, 0.3) is 0 Å². The molecule has 0 atom stereocenters. The summed E-state index contributed by atoms with van der Waals surface area (Å²) in [4.78, 5) is 30.6. The summed E-state index contributed by atoms with van der Waals surface area (Å²) in [6.07, 6.45) is -11.4. The van der Waals surface area contributed by atoms with E-state index < -0.39 is 54.2 Å². The number of hydrogen-bond acceptors (Lipinski definition) is 4. The SMILES string of the molecule is O=C(CN(CC(=O)N1CCCCC1)Cc1cc(C(F)(F)F)cc(C(F)(F)F)c1)NC1CCN(c2cccc(C(F)(F)F)c2)CC1. The Morgan fingerprint density at radius 2 is 1.31 bits per heavy atom. The van der Waals surface area contributed by atoms with E-state index in [0.29, 0.717) is 56.8 Å². The number of piperidine rings is 2. The van der Waals surface area contributed by atoms with Crippen molar-refractivity contribution >= 4 is 17.5 Å². The summed E-state index contributed by atoms with van der Waals surface area (Å²) in [7, 11) is 0. The predicted octanol–water partition coefficient (Wildman–Crippen LogP) is 6.34. The highest BCUT2D eigenvalue weighted by atomic mass is 19.4. The standard InChI is InChI=1S/C30H33F9N4O2/c31-28(32,33)21-5-4-6-25(16-21)42-11-7-24(8-12-42)40-26(44)18-41(19-27(45)43-9-2-1-3-10-43)17-20-13-22(29(34,35)36)15-23(14-20)30(37,38)39/h4-6,13-16,24H,1-3,7-12,17-19H2,(H,40,44). The second-order valence-electron chi connectivity index (χ2n) is 11.4. The fraction of sp³-hybridized carbons (Fsp3) is 0.533. The minimum absolute atomic E-state index is 0.0190. The molecule has 4 rings (SSSR count). The van der Waals surface area contributed by atoms with Gasteiger partial charge in [-0.15, -0.1) is 0 Å². The number of benzene rings is 2. The van der Waals surface area contributed by atoms with E-state index >= 15 is 0 Å². The molecule has 2 amide bonds. The van der Waals surface area contributed by atoms with Gasteiger partial charge in [-0.1, -0.05) is 6.07 Å². The molecule has 2 saturated heterocycles. The van der Waals surface area contributed by atoms with Crippen LogP contribution in [-0.2, 0) is 34.7 Å². The average Bonchev–Trinajstić information content (AvgIpc) is 2.96. The Morgan fingerprint density at radius 1 is 0.733 bits per heavy atom. The lowest BCUT2D eigenvalue weighted by Crippen LogP contribution is -2.49. The lowest BCUT2D eigenvalue weighted by Gasteiger charge is -2.35. The summed E-state index contributed by atoms with van der Waals surface area (Å²) < 4.78 is 120. The molecule has 0 radical (unpaired) electrons. The van der Waals surface area contributed by atoms with Gasteiger partial charge in [-0.05, 0) is 74.1 Å². The molecule has 2 heterocycles. The van der Waals surface area contributed by atoms with Gasteiger partial charge in [0.05, 0.1) is 29.8 Å². The minimum Gasteiger partial charge on any atom is -0.371 e. The lowest BCUT2D eigenvalue weighted by atomic mass is 10.0. The van der Waals surface area contributed by atoms with Crippen molar-refractivity contribution in [3.05, 3.63) is 64.7 Å². The van der Waals surface area contributed by atoms with Gasteiger partial charge >= 0.3 is 18.5 Å². The number of alkyl halides is 9. The number of rotatable bonds is 8. The quantitative estimate of drug-likeness (QED) is 0.339. The first-order valence-corrected chi connectivity index (χ1v) is 14.5. The van der Waals surface area contributed by atoms with Crippen LogP contribution in [0.1, 0.15) is 54.4 Å². The number of nitrogens with zero attached hydrogens (tertiary/aromatic N) is 3. The zero-order valence-corrected chi connectivity index (χ0v) is 24.2. The third-order valence-corrected chi connectivity index (χ3v) is 7.89. The van der Waals surface area contributed by atoms with Crippen molar-refractivity contribution in [3.8, 4) is 0 Å². The maximum Gasteiger partial charge on any atom is 0.416 e. The Morgan fingerprint density at radius 3 is 1.87 bits per heavy atom. The Kier molecular flexibility index (Phi) is 10.6. The number of halogens is 9. The summed E-state index contributed by atoms with van der Waals surface area (Å²) >= 11 is 0. The number of amides is 2. The summed E-state index contributed by atoms with van der Waals surface area (Å²) in [5.74, 6) is -0.970. The van der Waals surface area contributed by atoms with Crippen LogP contribution < -0.4 is 10.2 Å². The van der Waals surface area contributed by atoms with Gasteiger partial charge in [0.2, 0.25) is 11.8 Å². The molecular weight excluding hydrogens is 619 g/mol. The summed E-state index contributed by atoms with van der Waals surface area (Å²) in [5, 5.41) is 2.79. The fourth-order valence-electron chi connectivity index (χ4n) is 5.61. The average molecular weight is 653 g/mol. The molecule has 0 spiro atoms. The van der Waals surface area contributed by atoms with Crippen LogP contribution in [0.3, 0.4) is 0 Å². The molecule has 0 aromatic heterocycles. The highest BCUT2D eigenvalue weighted by Crippen LogP contribution is 2.37. The smallest absolute Gasteiger partial charge is 0.371 e. The Balaban J connectivity index is 1.44. The lowest BCUT2D eigenvalue weighted by molar-refractivity contribution is -0.143. The summed E-state index contributed by atoms with van der Waals surface area (Å²) in [6, 6.07) is 5.70. The van der Waals surface area contributed by atoms with E-state index in [1.165, 1.54) is 11.0 Å². The van der Waals surface area contributed by atoms with Crippen LogP contribution in [-0.4, -0.2) is 66.9 Å². The Hall–Kier alpha value is -3.49. The van der Waals surface area contributed by atoms with Crippen molar-refractivity contribution in [3.63, 3.8) is 0 Å². The normalized spacial score (nSPS) is 17.1. The van der Waals surface area contributed by atoms with Crippen LogP contribution in [0, 0.1) is 0 Å². The molecule has 0 saturated carbocycles. The molecule has 2 aromatic carbocycles. The highest BCUT2D eigenvalue weighted by molar-refractivity contribution is 5.81. The van der Waals surface area contributed by atoms with Crippen molar-refractivity contribution in [1.29, 1.82) is 0 Å². The fourth-order valence-corrected chi connectivity index (χ4v) is 5.61. The molecule has 45 heavy (non-hydrogen) atoms. The first-order chi connectivity index (χ1) is 21.0. The van der Waals surface area contributed by atoms with Crippen LogP contribution in [0.2, 0.25) is 0 Å². The number of nitrogens with one attached hydrogen (secondary N) is 1. The largest absolute Gasteiger partial charge is 0.416 e. The van der Waals surface area contributed by atoms with E-state index in [-0.39, 0.29) is 30.1 Å². The van der Waals surface area contributed by atoms with Gasteiger partial charge < -0.3 is 15.1 Å². The molecule has 2 fully saturated rings. The molecule has 6 nitrogen and oxygen atoms in total. The summed E-state index contributed by atoms with van der Waals surface area (Å²) in [6.45, 7) is 0.232. The third kappa shape index (κ3) is 9.75. The van der Waals surface area contributed by atoms with Crippen LogP contribution in [0.5, 0.6) is 0 Å². The van der Waals surface area contributed by atoms with E-state index in [4.69, 9.17) is 0 Å². The van der Waals surface area contributed by atoms with Gasteiger partial charge in [0.1, 0.15) is 0 Å². The molecule has 0 bridgehead atoms. The Bertz CT molecular complexity index is 1300. The topological polar surface area (TPSA) is 55.9 Å². The molecule has 2 aliphatic rings. The molecule has 1 N–H and O–H groups in total. The zero-order valence-electron chi connectivity index (χ0n) is 24.2. The second-order valence-corrected chi connectivity index (χ2v) is 11.4. The van der Waals surface area contributed by atoms with E-state index in [0.717, 1.165) is 31.4 Å². The number of likely N-dealkylation sites (tertiary alicyclic amines) is 1. The summed E-state index contributed by atoms with van der Waals surface area (Å²) in [5.41, 5.74) is -3.74. The predicted molar refractivity (Wildman–Crippen MR) is 147 cm³/mol.